The van der Waals surface area contributed by atoms with Crippen LogP contribution in [-0.4, -0.2) is 71.9 Å². The van der Waals surface area contributed by atoms with Gasteiger partial charge in [-0.25, -0.2) is 4.79 Å². The number of aromatic nitrogens is 1. The van der Waals surface area contributed by atoms with Crippen LogP contribution in [0, 0.1) is 5.41 Å². The van der Waals surface area contributed by atoms with Gasteiger partial charge in [0.15, 0.2) is 0 Å². The molecule has 1 aromatic heterocycles. The Hall–Kier alpha value is -2.11. The van der Waals surface area contributed by atoms with Crippen molar-refractivity contribution in [2.24, 2.45) is 5.41 Å². The van der Waals surface area contributed by atoms with Gasteiger partial charge in [-0.2, -0.15) is 0 Å². The average Bonchev–Trinajstić information content (AvgIpc) is 2.98. The van der Waals surface area contributed by atoms with Gasteiger partial charge in [-0.3, -0.25) is 9.78 Å². The number of hydrogen-bond acceptors (Lipinski definition) is 3. The lowest BCUT2D eigenvalue weighted by Gasteiger charge is -2.40. The van der Waals surface area contributed by atoms with Crippen LogP contribution in [-0.2, 0) is 11.2 Å². The Morgan fingerprint density at radius 3 is 2.71 bits per heavy atom. The molecule has 1 atom stereocenters. The van der Waals surface area contributed by atoms with Gasteiger partial charge >= 0.3 is 6.03 Å². The standard InChI is InChI=1S/C18H26N4O2/c1-20(2)17(24)22-10-7-18(14-22)6-4-9-21(13-18)16(23)11-15-5-3-8-19-12-15/h3,5,8,12H,4,6-7,9-11,13-14H2,1-2H3/t18-/m0/s1. The zero-order chi connectivity index (χ0) is 17.2. The highest BCUT2D eigenvalue weighted by Gasteiger charge is 2.43. The van der Waals surface area contributed by atoms with Crippen LogP contribution in [0.2, 0.25) is 0 Å². The number of carbonyl (C=O) groups is 2. The van der Waals surface area contributed by atoms with Crippen LogP contribution in [0.15, 0.2) is 24.5 Å². The Morgan fingerprint density at radius 1 is 1.21 bits per heavy atom. The van der Waals surface area contributed by atoms with Crippen LogP contribution >= 0.6 is 0 Å². The van der Waals surface area contributed by atoms with E-state index in [1.54, 1.807) is 31.4 Å². The summed E-state index contributed by atoms with van der Waals surface area (Å²) in [5.74, 6) is 0.166. The molecule has 0 bridgehead atoms. The van der Waals surface area contributed by atoms with E-state index in [-0.39, 0.29) is 17.4 Å². The first-order valence-corrected chi connectivity index (χ1v) is 8.62. The molecule has 0 N–H and O–H groups in total. The van der Waals surface area contributed by atoms with Crippen molar-refractivity contribution < 1.29 is 9.59 Å². The lowest BCUT2D eigenvalue weighted by molar-refractivity contribution is -0.133. The second-order valence-corrected chi connectivity index (χ2v) is 7.31. The molecule has 3 amide bonds. The molecule has 24 heavy (non-hydrogen) atoms. The molecule has 6 nitrogen and oxygen atoms in total. The summed E-state index contributed by atoms with van der Waals surface area (Å²) in [4.78, 5) is 34.5. The third kappa shape index (κ3) is 3.52. The smallest absolute Gasteiger partial charge is 0.319 e. The third-order valence-corrected chi connectivity index (χ3v) is 5.18. The summed E-state index contributed by atoms with van der Waals surface area (Å²) in [7, 11) is 3.58. The maximum Gasteiger partial charge on any atom is 0.319 e. The fourth-order valence-corrected chi connectivity index (χ4v) is 3.92. The van der Waals surface area contributed by atoms with Gasteiger partial charge in [0.2, 0.25) is 5.91 Å². The molecule has 2 aliphatic rings. The van der Waals surface area contributed by atoms with Crippen molar-refractivity contribution in [3.8, 4) is 0 Å². The molecule has 6 heteroatoms. The van der Waals surface area contributed by atoms with Gasteiger partial charge in [-0.15, -0.1) is 0 Å². The SMILES string of the molecule is CN(C)C(=O)N1CC[C@]2(CCCN(C(=O)Cc3cccnc3)C2)C1. The second kappa shape index (κ2) is 6.79. The Bertz CT molecular complexity index is 604. The summed E-state index contributed by atoms with van der Waals surface area (Å²) in [5, 5.41) is 0. The zero-order valence-corrected chi connectivity index (χ0v) is 14.6. The summed E-state index contributed by atoms with van der Waals surface area (Å²) in [5.41, 5.74) is 1.03. The van der Waals surface area contributed by atoms with Crippen LogP contribution in [0.3, 0.4) is 0 Å². The molecule has 3 rings (SSSR count). The Morgan fingerprint density at radius 2 is 2.00 bits per heavy atom. The van der Waals surface area contributed by atoms with Crippen LogP contribution in [0.4, 0.5) is 4.79 Å². The third-order valence-electron chi connectivity index (χ3n) is 5.18. The largest absolute Gasteiger partial charge is 0.342 e. The predicted molar refractivity (Wildman–Crippen MR) is 91.5 cm³/mol. The summed E-state index contributed by atoms with van der Waals surface area (Å²) < 4.78 is 0. The van der Waals surface area contributed by atoms with Crippen molar-refractivity contribution >= 4 is 11.9 Å². The van der Waals surface area contributed by atoms with Gasteiger partial charge in [0.25, 0.3) is 0 Å². The van der Waals surface area contributed by atoms with E-state index in [4.69, 9.17) is 0 Å². The molecule has 0 aromatic carbocycles. The van der Waals surface area contributed by atoms with Gasteiger partial charge in [-0.05, 0) is 30.9 Å². The highest BCUT2D eigenvalue weighted by molar-refractivity contribution is 5.79. The number of likely N-dealkylation sites (tertiary alicyclic amines) is 2. The molecule has 0 aliphatic carbocycles. The van der Waals surface area contributed by atoms with Crippen molar-refractivity contribution in [3.63, 3.8) is 0 Å². The van der Waals surface area contributed by atoms with Gasteiger partial charge in [0, 0.05) is 58.1 Å². The summed E-state index contributed by atoms with van der Waals surface area (Å²) in [6.45, 7) is 3.15. The molecular weight excluding hydrogens is 304 g/mol. The fourth-order valence-electron chi connectivity index (χ4n) is 3.92. The molecule has 2 fully saturated rings. The highest BCUT2D eigenvalue weighted by Crippen LogP contribution is 2.39. The van der Waals surface area contributed by atoms with Crippen LogP contribution in [0.25, 0.3) is 0 Å². The van der Waals surface area contributed by atoms with Crippen LogP contribution < -0.4 is 0 Å². The topological polar surface area (TPSA) is 56.8 Å². The van der Waals surface area contributed by atoms with Crippen LogP contribution in [0.1, 0.15) is 24.8 Å². The Balaban J connectivity index is 1.62. The quantitative estimate of drug-likeness (QED) is 0.828. The molecule has 0 unspecified atom stereocenters. The number of nitrogens with zero attached hydrogens (tertiary/aromatic N) is 4. The first kappa shape index (κ1) is 16.7. The van der Waals surface area contributed by atoms with Crippen molar-refractivity contribution in [1.29, 1.82) is 0 Å². The van der Waals surface area contributed by atoms with Crippen molar-refractivity contribution in [2.75, 3.05) is 40.3 Å². The summed E-state index contributed by atoms with van der Waals surface area (Å²) >= 11 is 0. The molecular formula is C18H26N4O2. The minimum absolute atomic E-state index is 0.0747. The molecule has 2 aliphatic heterocycles. The normalized spacial score (nSPS) is 23.6. The zero-order valence-electron chi connectivity index (χ0n) is 14.6. The van der Waals surface area contributed by atoms with E-state index in [9.17, 15) is 9.59 Å². The van der Waals surface area contributed by atoms with E-state index in [0.717, 1.165) is 51.0 Å². The molecule has 1 spiro atoms. The van der Waals surface area contributed by atoms with E-state index in [1.165, 1.54) is 0 Å². The van der Waals surface area contributed by atoms with E-state index in [0.29, 0.717) is 6.42 Å². The lowest BCUT2D eigenvalue weighted by Crippen LogP contribution is -2.48. The van der Waals surface area contributed by atoms with Crippen molar-refractivity contribution in [1.82, 2.24) is 19.7 Å². The average molecular weight is 330 g/mol. The van der Waals surface area contributed by atoms with Gasteiger partial charge in [0.05, 0.1) is 6.42 Å². The first-order valence-electron chi connectivity index (χ1n) is 8.62. The number of amides is 3. The summed E-state index contributed by atoms with van der Waals surface area (Å²) in [6, 6.07) is 3.88. The molecule has 0 saturated carbocycles. The summed E-state index contributed by atoms with van der Waals surface area (Å²) in [6.07, 6.45) is 6.99. The molecule has 0 radical (unpaired) electrons. The van der Waals surface area contributed by atoms with Crippen molar-refractivity contribution in [2.45, 2.75) is 25.7 Å². The Kier molecular flexibility index (Phi) is 4.73. The maximum absolute atomic E-state index is 12.6. The van der Waals surface area contributed by atoms with Gasteiger partial charge < -0.3 is 14.7 Å². The predicted octanol–water partition coefficient (Wildman–Crippen LogP) is 1.62. The molecule has 1 aromatic rings. The fraction of sp³-hybridized carbons (Fsp3) is 0.611. The first-order chi connectivity index (χ1) is 11.5. The highest BCUT2D eigenvalue weighted by atomic mass is 16.2. The van der Waals surface area contributed by atoms with E-state index in [1.807, 2.05) is 21.9 Å². The van der Waals surface area contributed by atoms with Crippen molar-refractivity contribution in [3.05, 3.63) is 30.1 Å². The molecule has 130 valence electrons. The van der Waals surface area contributed by atoms with E-state index in [2.05, 4.69) is 4.98 Å². The minimum atomic E-state index is 0.0747. The number of hydrogen-bond donors (Lipinski definition) is 0. The number of piperidine rings is 1. The van der Waals surface area contributed by atoms with Gasteiger partial charge in [-0.1, -0.05) is 6.07 Å². The number of carbonyl (C=O) groups excluding carboxylic acids is 2. The number of urea groups is 1. The number of rotatable bonds is 2. The molecule has 2 saturated heterocycles. The van der Waals surface area contributed by atoms with Gasteiger partial charge in [0.1, 0.15) is 0 Å². The maximum atomic E-state index is 12.6. The lowest BCUT2D eigenvalue weighted by atomic mass is 9.79. The van der Waals surface area contributed by atoms with Crippen LogP contribution in [0.5, 0.6) is 0 Å². The Labute approximate surface area is 143 Å². The minimum Gasteiger partial charge on any atom is -0.342 e. The van der Waals surface area contributed by atoms with E-state index >= 15 is 0 Å². The second-order valence-electron chi connectivity index (χ2n) is 7.31. The van der Waals surface area contributed by atoms with E-state index < -0.39 is 0 Å². The monoisotopic (exact) mass is 330 g/mol. The molecule has 3 heterocycles. The number of pyridine rings is 1.